The third-order valence-corrected chi connectivity index (χ3v) is 3.51. The third kappa shape index (κ3) is 1.64. The quantitative estimate of drug-likeness (QED) is 0.674. The van der Waals surface area contributed by atoms with E-state index in [0.717, 1.165) is 0 Å². The molecule has 1 aliphatic carbocycles. The maximum atomic E-state index is 9.76. The lowest BCUT2D eigenvalue weighted by atomic mass is 9.87. The van der Waals surface area contributed by atoms with Gasteiger partial charge in [-0.15, -0.1) is 0 Å². The molecule has 0 saturated carbocycles. The molecule has 0 aromatic carbocycles. The van der Waals surface area contributed by atoms with Gasteiger partial charge in [0.1, 0.15) is 0 Å². The van der Waals surface area contributed by atoms with Gasteiger partial charge in [-0.1, -0.05) is 41.7 Å². The Balaban J connectivity index is 3.15. The summed E-state index contributed by atoms with van der Waals surface area (Å²) in [6.45, 7) is 3.44. The maximum absolute atomic E-state index is 9.76. The van der Waals surface area contributed by atoms with E-state index in [-0.39, 0.29) is 5.92 Å². The fourth-order valence-corrected chi connectivity index (χ4v) is 1.92. The minimum Gasteiger partial charge on any atom is -0.385 e. The topological polar surface area (TPSA) is 20.2 Å². The van der Waals surface area contributed by atoms with Gasteiger partial charge in [-0.25, -0.2) is 0 Å². The number of allylic oxidation sites excluding steroid dienone is 2. The summed E-state index contributed by atoms with van der Waals surface area (Å²) in [5, 5.41) is 10.8. The van der Waals surface area contributed by atoms with Crippen molar-refractivity contribution in [3.8, 4) is 0 Å². The molecule has 0 saturated heterocycles. The largest absolute Gasteiger partial charge is 0.385 e. The van der Waals surface area contributed by atoms with Gasteiger partial charge in [0.15, 0.2) is 0 Å². The van der Waals surface area contributed by atoms with Crippen LogP contribution < -0.4 is 0 Å². The molecule has 1 rings (SSSR count). The maximum Gasteiger partial charge on any atom is 0.0892 e. The highest BCUT2D eigenvalue weighted by Gasteiger charge is 2.34. The van der Waals surface area contributed by atoms with Crippen LogP contribution in [0.1, 0.15) is 13.8 Å². The molecule has 12 heavy (non-hydrogen) atoms. The molecule has 0 aliphatic heterocycles. The van der Waals surface area contributed by atoms with Crippen molar-refractivity contribution < 1.29 is 5.11 Å². The number of rotatable bonds is 0. The molecular weight excluding hydrogens is 218 g/mol. The van der Waals surface area contributed by atoms with E-state index in [9.17, 15) is 5.11 Å². The molecule has 0 radical (unpaired) electrons. The standard InChI is InChI=1S/C8H9Cl3O/c1-4-6(10)7(11)5(9)3-8(4,2)12/h3-4,12H,1-2H3. The fraction of sp³-hybridized carbons (Fsp3) is 0.500. The Labute approximate surface area is 86.6 Å². The van der Waals surface area contributed by atoms with Crippen molar-refractivity contribution in [3.05, 3.63) is 21.2 Å². The Morgan fingerprint density at radius 1 is 1.42 bits per heavy atom. The number of halogens is 3. The molecule has 4 heteroatoms. The van der Waals surface area contributed by atoms with Gasteiger partial charge >= 0.3 is 0 Å². The number of hydrogen-bond donors (Lipinski definition) is 1. The Bertz CT molecular complexity index is 265. The van der Waals surface area contributed by atoms with Gasteiger partial charge in [0.2, 0.25) is 0 Å². The van der Waals surface area contributed by atoms with E-state index in [2.05, 4.69) is 0 Å². The number of hydrogen-bond acceptors (Lipinski definition) is 1. The predicted molar refractivity (Wildman–Crippen MR) is 52.5 cm³/mol. The van der Waals surface area contributed by atoms with Crippen LogP contribution in [-0.2, 0) is 0 Å². The lowest BCUT2D eigenvalue weighted by molar-refractivity contribution is 0.0705. The summed E-state index contributed by atoms with van der Waals surface area (Å²) in [6, 6.07) is 0. The smallest absolute Gasteiger partial charge is 0.0892 e. The lowest BCUT2D eigenvalue weighted by Gasteiger charge is -2.31. The lowest BCUT2D eigenvalue weighted by Crippen LogP contribution is -2.33. The summed E-state index contributed by atoms with van der Waals surface area (Å²) in [5.41, 5.74) is -1.01. The zero-order valence-electron chi connectivity index (χ0n) is 6.74. The highest BCUT2D eigenvalue weighted by atomic mass is 35.5. The van der Waals surface area contributed by atoms with Gasteiger partial charge in [0.25, 0.3) is 0 Å². The van der Waals surface area contributed by atoms with E-state index in [1.54, 1.807) is 13.8 Å². The van der Waals surface area contributed by atoms with Crippen LogP contribution in [0.3, 0.4) is 0 Å². The van der Waals surface area contributed by atoms with Crippen molar-refractivity contribution in [2.45, 2.75) is 19.4 Å². The first kappa shape index (κ1) is 10.4. The van der Waals surface area contributed by atoms with E-state index in [1.165, 1.54) is 6.08 Å². The van der Waals surface area contributed by atoms with Crippen molar-refractivity contribution in [1.29, 1.82) is 0 Å². The minimum atomic E-state index is -1.01. The van der Waals surface area contributed by atoms with Crippen LogP contribution in [0.2, 0.25) is 0 Å². The molecule has 0 fully saturated rings. The van der Waals surface area contributed by atoms with Gasteiger partial charge in [-0.2, -0.15) is 0 Å². The van der Waals surface area contributed by atoms with Crippen LogP contribution in [0.25, 0.3) is 0 Å². The Kier molecular flexibility index (Phi) is 2.79. The molecule has 0 aromatic rings. The van der Waals surface area contributed by atoms with Gasteiger partial charge < -0.3 is 5.11 Å². The Morgan fingerprint density at radius 3 is 2.42 bits per heavy atom. The molecule has 1 nitrogen and oxygen atoms in total. The molecule has 68 valence electrons. The summed E-state index contributed by atoms with van der Waals surface area (Å²) in [4.78, 5) is 0. The fourth-order valence-electron chi connectivity index (χ4n) is 1.01. The van der Waals surface area contributed by atoms with Crippen molar-refractivity contribution in [2.75, 3.05) is 0 Å². The average Bonchev–Trinajstić information content (AvgIpc) is 1.97. The Hall–Kier alpha value is 0.310. The molecule has 0 amide bonds. The second-order valence-corrected chi connectivity index (χ2v) is 4.29. The SMILES string of the molecule is CC1C(Cl)=C(Cl)C(Cl)=CC1(C)O. The minimum absolute atomic E-state index is 0.214. The molecule has 2 atom stereocenters. The van der Waals surface area contributed by atoms with Crippen molar-refractivity contribution in [2.24, 2.45) is 5.92 Å². The van der Waals surface area contributed by atoms with E-state index >= 15 is 0 Å². The molecule has 1 N–H and O–H groups in total. The summed E-state index contributed by atoms with van der Waals surface area (Å²) in [5.74, 6) is -0.214. The average molecular weight is 228 g/mol. The van der Waals surface area contributed by atoms with Gasteiger partial charge in [-0.3, -0.25) is 0 Å². The van der Waals surface area contributed by atoms with Gasteiger partial charge in [0, 0.05) is 11.0 Å². The first-order chi connectivity index (χ1) is 5.36. The monoisotopic (exact) mass is 226 g/mol. The summed E-state index contributed by atoms with van der Waals surface area (Å²) >= 11 is 17.4. The van der Waals surface area contributed by atoms with E-state index < -0.39 is 5.60 Å². The summed E-state index contributed by atoms with van der Waals surface area (Å²) in [6.07, 6.45) is 1.51. The molecule has 0 spiro atoms. The van der Waals surface area contributed by atoms with Crippen molar-refractivity contribution >= 4 is 34.8 Å². The zero-order chi connectivity index (χ0) is 9.52. The second kappa shape index (κ2) is 3.22. The molecule has 1 aliphatic rings. The van der Waals surface area contributed by atoms with Crippen LogP contribution in [0.5, 0.6) is 0 Å². The van der Waals surface area contributed by atoms with E-state index in [0.29, 0.717) is 15.1 Å². The van der Waals surface area contributed by atoms with E-state index in [1.807, 2.05) is 0 Å². The normalized spacial score (nSPS) is 36.8. The molecule has 0 heterocycles. The molecule has 0 aromatic heterocycles. The molecular formula is C8H9Cl3O. The summed E-state index contributed by atoms with van der Waals surface area (Å²) in [7, 11) is 0. The highest BCUT2D eigenvalue weighted by Crippen LogP contribution is 2.41. The second-order valence-electron chi connectivity index (χ2n) is 3.10. The van der Waals surface area contributed by atoms with Gasteiger partial charge in [-0.05, 0) is 13.0 Å². The molecule has 2 unspecified atom stereocenters. The van der Waals surface area contributed by atoms with Crippen LogP contribution in [-0.4, -0.2) is 10.7 Å². The van der Waals surface area contributed by atoms with Crippen LogP contribution in [0, 0.1) is 5.92 Å². The predicted octanol–water partition coefficient (Wildman–Crippen LogP) is 3.20. The third-order valence-electron chi connectivity index (χ3n) is 2.10. The first-order valence-electron chi connectivity index (χ1n) is 3.52. The molecule has 0 bridgehead atoms. The van der Waals surface area contributed by atoms with Crippen molar-refractivity contribution in [1.82, 2.24) is 0 Å². The van der Waals surface area contributed by atoms with Crippen LogP contribution in [0.15, 0.2) is 21.2 Å². The van der Waals surface area contributed by atoms with E-state index in [4.69, 9.17) is 34.8 Å². The van der Waals surface area contributed by atoms with Crippen LogP contribution >= 0.6 is 34.8 Å². The van der Waals surface area contributed by atoms with Gasteiger partial charge in [0.05, 0.1) is 15.7 Å². The zero-order valence-corrected chi connectivity index (χ0v) is 9.00. The summed E-state index contributed by atoms with van der Waals surface area (Å²) < 4.78 is 0. The first-order valence-corrected chi connectivity index (χ1v) is 4.66. The highest BCUT2D eigenvalue weighted by molar-refractivity contribution is 6.48. The Morgan fingerprint density at radius 2 is 1.92 bits per heavy atom. The van der Waals surface area contributed by atoms with Crippen LogP contribution in [0.4, 0.5) is 0 Å². The number of aliphatic hydroxyl groups is 1. The van der Waals surface area contributed by atoms with Crippen molar-refractivity contribution in [3.63, 3.8) is 0 Å².